The van der Waals surface area contributed by atoms with Gasteiger partial charge in [0.15, 0.2) is 23.0 Å². The third-order valence-corrected chi connectivity index (χ3v) is 7.41. The molecule has 7 heteroatoms. The van der Waals surface area contributed by atoms with Crippen molar-refractivity contribution in [2.45, 2.75) is 44.1 Å². The van der Waals surface area contributed by atoms with Crippen molar-refractivity contribution < 1.29 is 28.5 Å². The summed E-state index contributed by atoms with van der Waals surface area (Å²) in [6, 6.07) is 7.62. The van der Waals surface area contributed by atoms with Gasteiger partial charge in [0.2, 0.25) is 5.75 Å². The van der Waals surface area contributed by atoms with Crippen molar-refractivity contribution in [3.63, 3.8) is 0 Å². The molecule has 1 aliphatic carbocycles. The molecule has 3 aliphatic rings. The Morgan fingerprint density at radius 2 is 1.55 bits per heavy atom. The first kappa shape index (κ1) is 21.7. The number of amides is 1. The number of fused-ring (bicyclic) bond motifs is 3. The minimum absolute atomic E-state index is 0.0476. The van der Waals surface area contributed by atoms with Gasteiger partial charge in [-0.1, -0.05) is 12.8 Å². The molecule has 0 bridgehead atoms. The summed E-state index contributed by atoms with van der Waals surface area (Å²) >= 11 is 0. The highest BCUT2D eigenvalue weighted by molar-refractivity contribution is 5.96. The summed E-state index contributed by atoms with van der Waals surface area (Å²) in [7, 11) is 4.68. The van der Waals surface area contributed by atoms with Crippen molar-refractivity contribution >= 4 is 5.91 Å². The van der Waals surface area contributed by atoms with Crippen LogP contribution in [-0.2, 0) is 5.41 Å². The zero-order valence-electron chi connectivity index (χ0n) is 19.7. The van der Waals surface area contributed by atoms with Crippen molar-refractivity contribution in [3.8, 4) is 28.7 Å². The molecule has 2 aromatic carbocycles. The molecule has 5 rings (SSSR count). The Morgan fingerprint density at radius 1 is 0.939 bits per heavy atom. The topological polar surface area (TPSA) is 66.5 Å². The largest absolute Gasteiger partial charge is 0.493 e. The SMILES string of the molecule is COc1cc(C(=O)N2CC3(CCCC3)c3cc4c(cc3[C@@H]2C)OCCO4)cc(OC)c1OC. The lowest BCUT2D eigenvalue weighted by Crippen LogP contribution is -2.48. The smallest absolute Gasteiger partial charge is 0.254 e. The lowest BCUT2D eigenvalue weighted by molar-refractivity contribution is 0.0592. The van der Waals surface area contributed by atoms with Gasteiger partial charge < -0.3 is 28.6 Å². The average Bonchev–Trinajstić information content (AvgIpc) is 3.33. The Hall–Kier alpha value is -3.09. The molecular weight excluding hydrogens is 422 g/mol. The highest BCUT2D eigenvalue weighted by Gasteiger charge is 2.46. The van der Waals surface area contributed by atoms with Crippen molar-refractivity contribution in [2.24, 2.45) is 0 Å². The normalized spacial score (nSPS) is 20.4. The van der Waals surface area contributed by atoms with E-state index >= 15 is 0 Å². The second-order valence-electron chi connectivity index (χ2n) is 9.09. The van der Waals surface area contributed by atoms with Crippen LogP contribution < -0.4 is 23.7 Å². The first-order valence-electron chi connectivity index (χ1n) is 11.6. The van der Waals surface area contributed by atoms with Crippen molar-refractivity contribution in [3.05, 3.63) is 41.0 Å². The number of hydrogen-bond acceptors (Lipinski definition) is 6. The first-order chi connectivity index (χ1) is 16.0. The number of methoxy groups -OCH3 is 3. The highest BCUT2D eigenvalue weighted by atomic mass is 16.6. The summed E-state index contributed by atoms with van der Waals surface area (Å²) in [5.41, 5.74) is 2.91. The quantitative estimate of drug-likeness (QED) is 0.679. The van der Waals surface area contributed by atoms with Crippen molar-refractivity contribution in [1.29, 1.82) is 0 Å². The fraction of sp³-hybridized carbons (Fsp3) is 0.500. The summed E-state index contributed by atoms with van der Waals surface area (Å²) in [5.74, 6) is 2.96. The van der Waals surface area contributed by atoms with E-state index in [1.165, 1.54) is 5.56 Å². The van der Waals surface area contributed by atoms with E-state index in [1.807, 2.05) is 4.90 Å². The number of nitrogens with zero attached hydrogens (tertiary/aromatic N) is 1. The number of carbonyl (C=O) groups excluding carboxylic acids is 1. The van der Waals surface area contributed by atoms with Gasteiger partial charge in [-0.3, -0.25) is 4.79 Å². The number of rotatable bonds is 4. The molecule has 7 nitrogen and oxygen atoms in total. The molecule has 2 aliphatic heterocycles. The van der Waals surface area contributed by atoms with Gasteiger partial charge >= 0.3 is 0 Å². The fourth-order valence-electron chi connectivity index (χ4n) is 5.72. The molecule has 1 spiro atoms. The molecule has 1 saturated carbocycles. The molecular formula is C26H31NO6. The molecule has 176 valence electrons. The second kappa shape index (κ2) is 8.36. The van der Waals surface area contributed by atoms with Crippen LogP contribution in [-0.4, -0.2) is 51.9 Å². The molecule has 0 aromatic heterocycles. The maximum absolute atomic E-state index is 13.9. The lowest BCUT2D eigenvalue weighted by atomic mass is 9.71. The minimum Gasteiger partial charge on any atom is -0.493 e. The average molecular weight is 454 g/mol. The van der Waals surface area contributed by atoms with Crippen LogP contribution in [0.4, 0.5) is 0 Å². The van der Waals surface area contributed by atoms with E-state index < -0.39 is 0 Å². The van der Waals surface area contributed by atoms with Gasteiger partial charge in [0.05, 0.1) is 27.4 Å². The maximum Gasteiger partial charge on any atom is 0.254 e. The summed E-state index contributed by atoms with van der Waals surface area (Å²) in [4.78, 5) is 15.9. The molecule has 2 heterocycles. The van der Waals surface area contributed by atoms with Gasteiger partial charge in [0, 0.05) is 17.5 Å². The highest BCUT2D eigenvalue weighted by Crippen LogP contribution is 2.52. The van der Waals surface area contributed by atoms with E-state index in [0.717, 1.165) is 42.7 Å². The Labute approximate surface area is 194 Å². The predicted octanol–water partition coefficient (Wildman–Crippen LogP) is 4.51. The van der Waals surface area contributed by atoms with Crippen molar-refractivity contribution in [2.75, 3.05) is 41.1 Å². The summed E-state index contributed by atoms with van der Waals surface area (Å²) < 4.78 is 28.2. The van der Waals surface area contributed by atoms with Crippen molar-refractivity contribution in [1.82, 2.24) is 4.90 Å². The third kappa shape index (κ3) is 3.45. The van der Waals surface area contributed by atoms with E-state index in [9.17, 15) is 4.79 Å². The second-order valence-corrected chi connectivity index (χ2v) is 9.09. The molecule has 1 amide bonds. The Kier molecular flexibility index (Phi) is 5.51. The van der Waals surface area contributed by atoms with Gasteiger partial charge in [-0.2, -0.15) is 0 Å². The first-order valence-corrected chi connectivity index (χ1v) is 11.6. The van der Waals surface area contributed by atoms with E-state index in [2.05, 4.69) is 19.1 Å². The van der Waals surface area contributed by atoms with Gasteiger partial charge in [0.25, 0.3) is 5.91 Å². The number of carbonyl (C=O) groups is 1. The van der Waals surface area contributed by atoms with Crippen LogP contribution in [0.25, 0.3) is 0 Å². The van der Waals surface area contributed by atoms with Gasteiger partial charge in [-0.15, -0.1) is 0 Å². The Bertz CT molecular complexity index is 1050. The van der Waals surface area contributed by atoms with Crippen LogP contribution in [0.15, 0.2) is 24.3 Å². The van der Waals surface area contributed by atoms with E-state index in [0.29, 0.717) is 42.6 Å². The monoisotopic (exact) mass is 453 g/mol. The van der Waals surface area contributed by atoms with Crippen LogP contribution in [0.1, 0.15) is 60.1 Å². The molecule has 0 unspecified atom stereocenters. The number of ether oxygens (including phenoxy) is 5. The van der Waals surface area contributed by atoms with E-state index in [1.54, 1.807) is 33.5 Å². The molecule has 0 saturated heterocycles. The van der Waals surface area contributed by atoms with Crippen LogP contribution >= 0.6 is 0 Å². The van der Waals surface area contributed by atoms with Gasteiger partial charge in [-0.25, -0.2) is 0 Å². The van der Waals surface area contributed by atoms with Gasteiger partial charge in [0.1, 0.15) is 13.2 Å². The Morgan fingerprint density at radius 3 is 2.12 bits per heavy atom. The molecule has 33 heavy (non-hydrogen) atoms. The predicted molar refractivity (Wildman–Crippen MR) is 123 cm³/mol. The zero-order valence-corrected chi connectivity index (χ0v) is 19.7. The van der Waals surface area contributed by atoms with Gasteiger partial charge in [-0.05, 0) is 55.2 Å². The molecule has 1 atom stereocenters. The van der Waals surface area contributed by atoms with Crippen LogP contribution in [0.3, 0.4) is 0 Å². The summed E-state index contributed by atoms with van der Waals surface area (Å²) in [5, 5.41) is 0. The van der Waals surface area contributed by atoms with Crippen LogP contribution in [0, 0.1) is 0 Å². The summed E-state index contributed by atoms with van der Waals surface area (Å²) in [6.45, 7) is 3.88. The molecule has 1 fully saturated rings. The number of benzene rings is 2. The Balaban J connectivity index is 1.58. The molecule has 0 radical (unpaired) electrons. The summed E-state index contributed by atoms with van der Waals surface area (Å²) in [6.07, 6.45) is 4.44. The standard InChI is InChI=1S/C26H31NO6/c1-16-18-13-20-21(33-10-9-32-20)14-19(18)26(7-5-6-8-26)15-27(16)25(28)17-11-22(29-2)24(31-4)23(12-17)30-3/h11-14,16H,5-10,15H2,1-4H3/t16-/m0/s1. The molecule has 2 aromatic rings. The number of hydrogen-bond donors (Lipinski definition) is 0. The van der Waals surface area contributed by atoms with Crippen LogP contribution in [0.5, 0.6) is 28.7 Å². The zero-order chi connectivity index (χ0) is 23.2. The maximum atomic E-state index is 13.9. The van der Waals surface area contributed by atoms with E-state index in [-0.39, 0.29) is 17.4 Å². The lowest BCUT2D eigenvalue weighted by Gasteiger charge is -2.46. The fourth-order valence-corrected chi connectivity index (χ4v) is 5.72. The van der Waals surface area contributed by atoms with E-state index in [4.69, 9.17) is 23.7 Å². The third-order valence-electron chi connectivity index (χ3n) is 7.41. The van der Waals surface area contributed by atoms with Crippen LogP contribution in [0.2, 0.25) is 0 Å². The molecule has 0 N–H and O–H groups in total. The minimum atomic E-state index is -0.103.